The normalized spacial score (nSPS) is 10.4. The van der Waals surface area contributed by atoms with Crippen LogP contribution in [0.2, 0.25) is 0 Å². The van der Waals surface area contributed by atoms with Crippen molar-refractivity contribution in [2.24, 2.45) is 0 Å². The number of nitrogens with one attached hydrogen (secondary N) is 1. The number of aromatic nitrogens is 2. The molecule has 0 aliphatic rings. The zero-order valence-electron chi connectivity index (χ0n) is 13.9. The summed E-state index contributed by atoms with van der Waals surface area (Å²) in [5, 5.41) is 3.18. The summed E-state index contributed by atoms with van der Waals surface area (Å²) in [5.74, 6) is 0.380. The summed E-state index contributed by atoms with van der Waals surface area (Å²) in [6, 6.07) is 15.4. The third-order valence-electron chi connectivity index (χ3n) is 3.75. The zero-order valence-corrected chi connectivity index (χ0v) is 15.5. The molecule has 0 aliphatic carbocycles. The van der Waals surface area contributed by atoms with Crippen LogP contribution in [0.1, 0.15) is 16.1 Å². The molecule has 0 aliphatic heterocycles. The first-order valence-corrected chi connectivity index (χ1v) is 8.52. The molecule has 0 saturated heterocycles. The molecule has 25 heavy (non-hydrogen) atoms. The van der Waals surface area contributed by atoms with Crippen LogP contribution >= 0.6 is 15.9 Å². The Morgan fingerprint density at radius 2 is 1.84 bits per heavy atom. The lowest BCUT2D eigenvalue weighted by atomic mass is 10.2. The van der Waals surface area contributed by atoms with Crippen LogP contribution in [0.15, 0.2) is 65.4 Å². The molecular weight excluding hydrogens is 380 g/mol. The maximum atomic E-state index is 12.5. The Hall–Kier alpha value is -2.73. The van der Waals surface area contributed by atoms with Gasteiger partial charge < -0.3 is 10.2 Å². The van der Waals surface area contributed by atoms with Gasteiger partial charge in [0.15, 0.2) is 0 Å². The van der Waals surface area contributed by atoms with Crippen LogP contribution in [0.25, 0.3) is 0 Å². The fraction of sp³-hybridized carbons (Fsp3) is 0.105. The van der Waals surface area contributed by atoms with E-state index in [4.69, 9.17) is 0 Å². The van der Waals surface area contributed by atoms with Crippen LogP contribution in [0.5, 0.6) is 0 Å². The molecule has 0 spiro atoms. The van der Waals surface area contributed by atoms with Gasteiger partial charge in [0.2, 0.25) is 0 Å². The van der Waals surface area contributed by atoms with Crippen molar-refractivity contribution >= 4 is 39.0 Å². The monoisotopic (exact) mass is 396 g/mol. The standard InChI is InChI=1S/C19H17BrN4O/c1-13-10-14(8-9-16(13)20)23-18-12-21-17(11-22-18)19(25)24(2)15-6-4-3-5-7-15/h3-12H,1-2H3,(H,22,23). The van der Waals surface area contributed by atoms with Crippen LogP contribution in [0.4, 0.5) is 17.2 Å². The van der Waals surface area contributed by atoms with E-state index >= 15 is 0 Å². The molecule has 0 radical (unpaired) electrons. The van der Waals surface area contributed by atoms with Gasteiger partial charge >= 0.3 is 0 Å². The van der Waals surface area contributed by atoms with Gasteiger partial charge in [-0.2, -0.15) is 0 Å². The molecule has 5 nitrogen and oxygen atoms in total. The number of para-hydroxylation sites is 1. The molecule has 1 amide bonds. The third kappa shape index (κ3) is 4.03. The van der Waals surface area contributed by atoms with E-state index in [1.54, 1.807) is 18.1 Å². The Morgan fingerprint density at radius 3 is 2.48 bits per heavy atom. The van der Waals surface area contributed by atoms with Crippen LogP contribution in [0.3, 0.4) is 0 Å². The number of benzene rings is 2. The lowest BCUT2D eigenvalue weighted by Crippen LogP contribution is -2.27. The second-order valence-electron chi connectivity index (χ2n) is 5.58. The Morgan fingerprint density at radius 1 is 1.08 bits per heavy atom. The SMILES string of the molecule is Cc1cc(Nc2cnc(C(=O)N(C)c3ccccc3)cn2)ccc1Br. The minimum absolute atomic E-state index is 0.204. The molecule has 6 heteroatoms. The van der Waals surface area contributed by atoms with Gasteiger partial charge in [0, 0.05) is 22.9 Å². The number of halogens is 1. The van der Waals surface area contributed by atoms with Gasteiger partial charge in [-0.3, -0.25) is 4.79 Å². The molecule has 1 N–H and O–H groups in total. The van der Waals surface area contributed by atoms with Crippen molar-refractivity contribution in [1.82, 2.24) is 9.97 Å². The first-order chi connectivity index (χ1) is 12.0. The van der Waals surface area contributed by atoms with Crippen LogP contribution < -0.4 is 10.2 Å². The minimum Gasteiger partial charge on any atom is -0.339 e. The molecule has 0 bridgehead atoms. The predicted molar refractivity (Wildman–Crippen MR) is 103 cm³/mol. The number of hydrogen-bond donors (Lipinski definition) is 1. The third-order valence-corrected chi connectivity index (χ3v) is 4.64. The molecule has 3 aromatic rings. The van der Waals surface area contributed by atoms with Crippen molar-refractivity contribution in [3.05, 3.63) is 76.7 Å². The fourth-order valence-electron chi connectivity index (χ4n) is 2.31. The number of amides is 1. The second-order valence-corrected chi connectivity index (χ2v) is 6.43. The summed E-state index contributed by atoms with van der Waals surface area (Å²) < 4.78 is 1.05. The van der Waals surface area contributed by atoms with E-state index in [0.29, 0.717) is 11.5 Å². The molecule has 0 fully saturated rings. The van der Waals surface area contributed by atoms with E-state index in [2.05, 4.69) is 31.2 Å². The number of carbonyl (C=O) groups excluding carboxylic acids is 1. The topological polar surface area (TPSA) is 58.1 Å². The van der Waals surface area contributed by atoms with Gasteiger partial charge in [0.1, 0.15) is 11.5 Å². The number of rotatable bonds is 4. The van der Waals surface area contributed by atoms with Crippen molar-refractivity contribution in [2.75, 3.05) is 17.3 Å². The van der Waals surface area contributed by atoms with E-state index in [9.17, 15) is 4.79 Å². The lowest BCUT2D eigenvalue weighted by Gasteiger charge is -2.16. The van der Waals surface area contributed by atoms with Gasteiger partial charge in [-0.25, -0.2) is 9.97 Å². The van der Waals surface area contributed by atoms with Gasteiger partial charge in [-0.05, 0) is 42.8 Å². The van der Waals surface area contributed by atoms with Crippen molar-refractivity contribution in [3.8, 4) is 0 Å². The van der Waals surface area contributed by atoms with Crippen LogP contribution in [0, 0.1) is 6.92 Å². The number of carbonyl (C=O) groups is 1. The smallest absolute Gasteiger partial charge is 0.278 e. The second kappa shape index (κ2) is 7.44. The van der Waals surface area contributed by atoms with Gasteiger partial charge in [-0.1, -0.05) is 34.1 Å². The molecule has 0 atom stereocenters. The zero-order chi connectivity index (χ0) is 17.8. The summed E-state index contributed by atoms with van der Waals surface area (Å²) in [4.78, 5) is 22.6. The molecule has 1 heterocycles. The maximum absolute atomic E-state index is 12.5. The predicted octanol–water partition coefficient (Wildman–Crippen LogP) is 4.57. The maximum Gasteiger partial charge on any atom is 0.278 e. The number of hydrogen-bond acceptors (Lipinski definition) is 4. The van der Waals surface area contributed by atoms with E-state index < -0.39 is 0 Å². The Bertz CT molecular complexity index is 882. The first-order valence-electron chi connectivity index (χ1n) is 7.73. The molecule has 126 valence electrons. The highest BCUT2D eigenvalue weighted by Gasteiger charge is 2.15. The molecule has 1 aromatic heterocycles. The minimum atomic E-state index is -0.204. The molecule has 0 unspecified atom stereocenters. The summed E-state index contributed by atoms with van der Waals surface area (Å²) in [7, 11) is 1.72. The Balaban J connectivity index is 1.73. The average Bonchev–Trinajstić information content (AvgIpc) is 2.65. The summed E-state index contributed by atoms with van der Waals surface area (Å²) in [5.41, 5.74) is 3.13. The van der Waals surface area contributed by atoms with Gasteiger partial charge in [0.05, 0.1) is 12.4 Å². The largest absolute Gasteiger partial charge is 0.339 e. The Labute approximate surface area is 154 Å². The lowest BCUT2D eigenvalue weighted by molar-refractivity contribution is 0.0988. The quantitative estimate of drug-likeness (QED) is 0.701. The van der Waals surface area contributed by atoms with Crippen LogP contribution in [-0.4, -0.2) is 22.9 Å². The first kappa shape index (κ1) is 17.1. The highest BCUT2D eigenvalue weighted by molar-refractivity contribution is 9.10. The van der Waals surface area contributed by atoms with E-state index in [0.717, 1.165) is 21.4 Å². The Kier molecular flexibility index (Phi) is 5.09. The highest BCUT2D eigenvalue weighted by atomic mass is 79.9. The van der Waals surface area contributed by atoms with Gasteiger partial charge in [-0.15, -0.1) is 0 Å². The summed E-state index contributed by atoms with van der Waals surface area (Å²) >= 11 is 3.48. The fourth-order valence-corrected chi connectivity index (χ4v) is 2.56. The molecule has 0 saturated carbocycles. The van der Waals surface area contributed by atoms with E-state index in [1.807, 2.05) is 55.5 Å². The van der Waals surface area contributed by atoms with Crippen molar-refractivity contribution in [1.29, 1.82) is 0 Å². The number of anilines is 3. The van der Waals surface area contributed by atoms with Crippen LogP contribution in [-0.2, 0) is 0 Å². The van der Waals surface area contributed by atoms with Crippen molar-refractivity contribution in [2.45, 2.75) is 6.92 Å². The molecule has 2 aromatic carbocycles. The summed E-state index contributed by atoms with van der Waals surface area (Å²) in [6.45, 7) is 2.02. The highest BCUT2D eigenvalue weighted by Crippen LogP contribution is 2.22. The summed E-state index contributed by atoms with van der Waals surface area (Å²) in [6.07, 6.45) is 3.04. The number of nitrogens with zero attached hydrogens (tertiary/aromatic N) is 3. The van der Waals surface area contributed by atoms with E-state index in [1.165, 1.54) is 6.20 Å². The van der Waals surface area contributed by atoms with Crippen molar-refractivity contribution < 1.29 is 4.79 Å². The number of aryl methyl sites for hydroxylation is 1. The van der Waals surface area contributed by atoms with E-state index in [-0.39, 0.29) is 5.91 Å². The molecule has 3 rings (SSSR count). The van der Waals surface area contributed by atoms with Crippen molar-refractivity contribution in [3.63, 3.8) is 0 Å². The van der Waals surface area contributed by atoms with Gasteiger partial charge in [0.25, 0.3) is 5.91 Å². The average molecular weight is 397 g/mol. The molecular formula is C19H17BrN4O.